The second kappa shape index (κ2) is 4.46. The molecule has 0 aliphatic carbocycles. The molecule has 2 heterocycles. The van der Waals surface area contributed by atoms with Gasteiger partial charge in [0, 0.05) is 16.5 Å². The number of pyridine rings is 1. The van der Waals surface area contributed by atoms with Crippen molar-refractivity contribution < 1.29 is 4.79 Å². The number of thiophene rings is 1. The smallest absolute Gasteiger partial charge is 0.265 e. The van der Waals surface area contributed by atoms with Crippen LogP contribution in [0.25, 0.3) is 0 Å². The Labute approximate surface area is 96.6 Å². The molecular formula is C10H8N2OS2. The second-order valence-electron chi connectivity index (χ2n) is 2.86. The maximum absolute atomic E-state index is 11.7. The van der Waals surface area contributed by atoms with Gasteiger partial charge in [-0.25, -0.2) is 0 Å². The van der Waals surface area contributed by atoms with Gasteiger partial charge in [-0.3, -0.25) is 9.78 Å². The van der Waals surface area contributed by atoms with Gasteiger partial charge in [-0.1, -0.05) is 0 Å². The minimum absolute atomic E-state index is 0.131. The van der Waals surface area contributed by atoms with Crippen LogP contribution in [0.5, 0.6) is 0 Å². The van der Waals surface area contributed by atoms with E-state index in [2.05, 4.69) is 22.9 Å². The van der Waals surface area contributed by atoms with Gasteiger partial charge < -0.3 is 5.32 Å². The highest BCUT2D eigenvalue weighted by Gasteiger charge is 2.07. The summed E-state index contributed by atoms with van der Waals surface area (Å²) >= 11 is 5.51. The van der Waals surface area contributed by atoms with Gasteiger partial charge in [-0.05, 0) is 18.2 Å². The standard InChI is InChI=1S/C10H8N2OS2/c13-10(9-4-8(14)6-15-9)12-7-2-1-3-11-5-7/h1-6,14H,(H,12,13). The van der Waals surface area contributed by atoms with Gasteiger partial charge in [-0.15, -0.1) is 24.0 Å². The Bertz CT molecular complexity index is 467. The predicted octanol–water partition coefficient (Wildman–Crippen LogP) is 2.68. The van der Waals surface area contributed by atoms with Crippen LogP contribution in [0.2, 0.25) is 0 Å². The molecule has 0 aromatic carbocycles. The van der Waals surface area contributed by atoms with E-state index in [9.17, 15) is 4.79 Å². The van der Waals surface area contributed by atoms with Crippen LogP contribution in [0.1, 0.15) is 9.67 Å². The first kappa shape index (κ1) is 10.2. The quantitative estimate of drug-likeness (QED) is 0.787. The highest BCUT2D eigenvalue weighted by Crippen LogP contribution is 2.18. The Morgan fingerprint density at radius 2 is 2.40 bits per heavy atom. The number of rotatable bonds is 2. The van der Waals surface area contributed by atoms with Crippen molar-refractivity contribution in [2.24, 2.45) is 0 Å². The number of hydrogen-bond acceptors (Lipinski definition) is 4. The summed E-state index contributed by atoms with van der Waals surface area (Å²) < 4.78 is 0. The summed E-state index contributed by atoms with van der Waals surface area (Å²) in [6, 6.07) is 5.30. The summed E-state index contributed by atoms with van der Waals surface area (Å²) in [6.45, 7) is 0. The van der Waals surface area contributed by atoms with Gasteiger partial charge in [0.2, 0.25) is 0 Å². The summed E-state index contributed by atoms with van der Waals surface area (Å²) in [5, 5.41) is 4.57. The van der Waals surface area contributed by atoms with Crippen molar-refractivity contribution in [3.8, 4) is 0 Å². The molecular weight excluding hydrogens is 228 g/mol. The third kappa shape index (κ3) is 2.57. The van der Waals surface area contributed by atoms with Crippen LogP contribution in [0, 0.1) is 0 Å². The molecule has 2 aromatic rings. The lowest BCUT2D eigenvalue weighted by Crippen LogP contribution is -2.09. The first-order chi connectivity index (χ1) is 7.25. The number of anilines is 1. The zero-order valence-electron chi connectivity index (χ0n) is 7.68. The maximum atomic E-state index is 11.7. The molecule has 2 rings (SSSR count). The summed E-state index contributed by atoms with van der Waals surface area (Å²) in [6.07, 6.45) is 3.26. The Morgan fingerprint density at radius 1 is 1.53 bits per heavy atom. The van der Waals surface area contributed by atoms with Crippen molar-refractivity contribution in [3.63, 3.8) is 0 Å². The lowest BCUT2D eigenvalue weighted by Gasteiger charge is -2.01. The van der Waals surface area contributed by atoms with E-state index in [1.165, 1.54) is 11.3 Å². The number of carbonyl (C=O) groups excluding carboxylic acids is 1. The summed E-state index contributed by atoms with van der Waals surface area (Å²) in [5.74, 6) is -0.131. The fourth-order valence-electron chi connectivity index (χ4n) is 1.07. The maximum Gasteiger partial charge on any atom is 0.265 e. The van der Waals surface area contributed by atoms with Crippen LogP contribution in [0.15, 0.2) is 40.9 Å². The van der Waals surface area contributed by atoms with E-state index in [0.29, 0.717) is 10.6 Å². The highest BCUT2D eigenvalue weighted by atomic mass is 32.1. The van der Waals surface area contributed by atoms with Crippen LogP contribution in [-0.4, -0.2) is 10.9 Å². The molecule has 5 heteroatoms. The predicted molar refractivity (Wildman–Crippen MR) is 63.8 cm³/mol. The number of nitrogens with one attached hydrogen (secondary N) is 1. The molecule has 0 unspecified atom stereocenters. The fourth-order valence-corrected chi connectivity index (χ4v) is 2.12. The highest BCUT2D eigenvalue weighted by molar-refractivity contribution is 7.80. The molecule has 0 bridgehead atoms. The van der Waals surface area contributed by atoms with Crippen molar-refractivity contribution in [1.82, 2.24) is 4.98 Å². The lowest BCUT2D eigenvalue weighted by molar-refractivity contribution is 0.103. The Morgan fingerprint density at radius 3 is 3.00 bits per heavy atom. The van der Waals surface area contributed by atoms with Crippen molar-refractivity contribution in [2.75, 3.05) is 5.32 Å². The van der Waals surface area contributed by atoms with E-state index in [1.54, 1.807) is 30.6 Å². The van der Waals surface area contributed by atoms with E-state index < -0.39 is 0 Å². The van der Waals surface area contributed by atoms with Gasteiger partial charge in [0.15, 0.2) is 0 Å². The normalized spacial score (nSPS) is 9.93. The van der Waals surface area contributed by atoms with E-state index in [0.717, 1.165) is 4.90 Å². The number of nitrogens with zero attached hydrogens (tertiary/aromatic N) is 1. The van der Waals surface area contributed by atoms with Crippen LogP contribution in [-0.2, 0) is 0 Å². The molecule has 0 radical (unpaired) electrons. The minimum atomic E-state index is -0.131. The van der Waals surface area contributed by atoms with Crippen molar-refractivity contribution in [1.29, 1.82) is 0 Å². The van der Waals surface area contributed by atoms with Crippen molar-refractivity contribution >= 4 is 35.6 Å². The van der Waals surface area contributed by atoms with Gasteiger partial charge in [0.05, 0.1) is 16.8 Å². The number of amides is 1. The number of hydrogen-bond donors (Lipinski definition) is 2. The van der Waals surface area contributed by atoms with Gasteiger partial charge in [0.1, 0.15) is 0 Å². The van der Waals surface area contributed by atoms with Crippen LogP contribution < -0.4 is 5.32 Å². The largest absolute Gasteiger partial charge is 0.320 e. The van der Waals surface area contributed by atoms with Gasteiger partial charge in [-0.2, -0.15) is 0 Å². The molecule has 1 N–H and O–H groups in total. The zero-order valence-corrected chi connectivity index (χ0v) is 9.39. The Kier molecular flexibility index (Phi) is 3.03. The average Bonchev–Trinajstić information content (AvgIpc) is 2.66. The Hall–Kier alpha value is -1.33. The third-order valence-electron chi connectivity index (χ3n) is 1.73. The monoisotopic (exact) mass is 236 g/mol. The molecule has 2 aromatic heterocycles. The second-order valence-corrected chi connectivity index (χ2v) is 4.29. The SMILES string of the molecule is O=C(Nc1cccnc1)c1cc(S)cs1. The summed E-state index contributed by atoms with van der Waals surface area (Å²) in [7, 11) is 0. The molecule has 0 saturated heterocycles. The first-order valence-electron chi connectivity index (χ1n) is 4.24. The summed E-state index contributed by atoms with van der Waals surface area (Å²) in [4.78, 5) is 17.0. The van der Waals surface area contributed by atoms with Crippen LogP contribution in [0.4, 0.5) is 5.69 Å². The van der Waals surface area contributed by atoms with E-state index in [4.69, 9.17) is 0 Å². The zero-order chi connectivity index (χ0) is 10.7. The van der Waals surface area contributed by atoms with Crippen LogP contribution >= 0.6 is 24.0 Å². The summed E-state index contributed by atoms with van der Waals surface area (Å²) in [5.41, 5.74) is 0.691. The molecule has 0 aliphatic heterocycles. The first-order valence-corrected chi connectivity index (χ1v) is 5.57. The lowest BCUT2D eigenvalue weighted by atomic mass is 10.4. The van der Waals surface area contributed by atoms with Gasteiger partial charge in [0.25, 0.3) is 5.91 Å². The molecule has 76 valence electrons. The molecule has 0 atom stereocenters. The van der Waals surface area contributed by atoms with Crippen molar-refractivity contribution in [2.45, 2.75) is 4.90 Å². The fraction of sp³-hybridized carbons (Fsp3) is 0. The third-order valence-corrected chi connectivity index (χ3v) is 3.09. The van der Waals surface area contributed by atoms with Crippen LogP contribution in [0.3, 0.4) is 0 Å². The van der Waals surface area contributed by atoms with Crippen molar-refractivity contribution in [3.05, 3.63) is 40.8 Å². The number of aromatic nitrogens is 1. The molecule has 0 aliphatic rings. The number of carbonyl (C=O) groups is 1. The molecule has 0 spiro atoms. The molecule has 0 saturated carbocycles. The van der Waals surface area contributed by atoms with E-state index >= 15 is 0 Å². The Balaban J connectivity index is 2.11. The molecule has 1 amide bonds. The molecule has 3 nitrogen and oxygen atoms in total. The van der Waals surface area contributed by atoms with E-state index in [-0.39, 0.29) is 5.91 Å². The molecule has 0 fully saturated rings. The van der Waals surface area contributed by atoms with Gasteiger partial charge >= 0.3 is 0 Å². The van der Waals surface area contributed by atoms with E-state index in [1.807, 2.05) is 5.38 Å². The average molecular weight is 236 g/mol. The number of thiol groups is 1. The molecule has 15 heavy (non-hydrogen) atoms. The minimum Gasteiger partial charge on any atom is -0.320 e. The topological polar surface area (TPSA) is 42.0 Å².